The van der Waals surface area contributed by atoms with Crippen LogP contribution in [-0.2, 0) is 9.59 Å². The molecule has 1 fully saturated rings. The van der Waals surface area contributed by atoms with Crippen molar-refractivity contribution < 1.29 is 33.1 Å². The van der Waals surface area contributed by atoms with Gasteiger partial charge in [-0.25, -0.2) is 8.78 Å². The van der Waals surface area contributed by atoms with E-state index in [0.717, 1.165) is 29.2 Å². The number of benzene rings is 3. The van der Waals surface area contributed by atoms with Crippen molar-refractivity contribution in [3.8, 4) is 5.75 Å². The lowest BCUT2D eigenvalue weighted by Crippen LogP contribution is -2.29. The van der Waals surface area contributed by atoms with Crippen molar-refractivity contribution in [3.63, 3.8) is 0 Å². The topological polar surface area (TPSA) is 110 Å². The van der Waals surface area contributed by atoms with Gasteiger partial charge in [0.2, 0.25) is 0 Å². The fraction of sp³-hybridized carbons (Fsp3) is 0.120. The van der Waals surface area contributed by atoms with Gasteiger partial charge in [-0.2, -0.15) is 0 Å². The Morgan fingerprint density at radius 1 is 1.06 bits per heavy atom. The molecule has 10 heteroatoms. The van der Waals surface area contributed by atoms with E-state index >= 15 is 0 Å². The summed E-state index contributed by atoms with van der Waals surface area (Å²) in [5.74, 6) is -4.79. The lowest BCUT2D eigenvalue weighted by atomic mass is 9.95. The van der Waals surface area contributed by atoms with Crippen molar-refractivity contribution in [2.75, 3.05) is 11.5 Å². The zero-order valence-corrected chi connectivity index (χ0v) is 18.3. The Bertz CT molecular complexity index is 1390. The average molecular weight is 480 g/mol. The summed E-state index contributed by atoms with van der Waals surface area (Å²) in [5, 5.41) is 22.3. The van der Waals surface area contributed by atoms with Gasteiger partial charge in [0.25, 0.3) is 17.4 Å². The number of nitro benzene ring substituents is 1. The molecule has 1 aliphatic rings. The Morgan fingerprint density at radius 3 is 2.49 bits per heavy atom. The maximum atomic E-state index is 14.0. The molecule has 0 aromatic heterocycles. The van der Waals surface area contributed by atoms with Crippen LogP contribution in [0.25, 0.3) is 5.76 Å². The van der Waals surface area contributed by atoms with E-state index in [9.17, 15) is 33.6 Å². The van der Waals surface area contributed by atoms with Crippen LogP contribution in [0.2, 0.25) is 0 Å². The third-order valence-corrected chi connectivity index (χ3v) is 5.44. The number of carbonyl (C=O) groups is 2. The maximum absolute atomic E-state index is 14.0. The minimum absolute atomic E-state index is 0.0616. The summed E-state index contributed by atoms with van der Waals surface area (Å²) in [4.78, 5) is 37.7. The number of nitrogens with zero attached hydrogens (tertiary/aromatic N) is 2. The smallest absolute Gasteiger partial charge is 0.300 e. The number of ether oxygens (including phenoxy) is 1. The summed E-state index contributed by atoms with van der Waals surface area (Å²) in [6.45, 7) is 2.10. The summed E-state index contributed by atoms with van der Waals surface area (Å²) < 4.78 is 33.1. The lowest BCUT2D eigenvalue weighted by molar-refractivity contribution is -0.384. The first-order valence-corrected chi connectivity index (χ1v) is 10.5. The maximum Gasteiger partial charge on any atom is 0.300 e. The van der Waals surface area contributed by atoms with E-state index in [4.69, 9.17) is 4.74 Å². The SMILES string of the molecule is CCOc1cccc(C2/C(=C(\O)c3cccc([N+](=O)[O-])c3)C(=O)C(=O)N2c2ccc(F)c(F)c2)c1. The van der Waals surface area contributed by atoms with Crippen LogP contribution in [0.5, 0.6) is 5.75 Å². The summed E-state index contributed by atoms with van der Waals surface area (Å²) in [5.41, 5.74) is -0.538. The molecular formula is C25H18F2N2O6. The molecule has 1 amide bonds. The van der Waals surface area contributed by atoms with Gasteiger partial charge in [0, 0.05) is 29.4 Å². The molecule has 1 saturated heterocycles. The molecule has 1 unspecified atom stereocenters. The van der Waals surface area contributed by atoms with E-state index in [-0.39, 0.29) is 22.5 Å². The van der Waals surface area contributed by atoms with Crippen molar-refractivity contribution in [1.82, 2.24) is 0 Å². The van der Waals surface area contributed by atoms with E-state index in [1.165, 1.54) is 18.2 Å². The average Bonchev–Trinajstić information content (AvgIpc) is 3.11. The van der Waals surface area contributed by atoms with Crippen molar-refractivity contribution >= 4 is 28.8 Å². The third kappa shape index (κ3) is 4.33. The van der Waals surface area contributed by atoms with Crippen LogP contribution in [0.3, 0.4) is 0 Å². The molecule has 0 bridgehead atoms. The monoisotopic (exact) mass is 480 g/mol. The number of Topliss-reactive ketones (excluding diaryl/α,β-unsaturated/α-hetero) is 1. The fourth-order valence-electron chi connectivity index (χ4n) is 3.91. The number of nitro groups is 1. The first-order chi connectivity index (χ1) is 16.7. The van der Waals surface area contributed by atoms with Gasteiger partial charge < -0.3 is 9.84 Å². The molecule has 3 aromatic carbocycles. The normalized spacial score (nSPS) is 17.0. The van der Waals surface area contributed by atoms with Crippen molar-refractivity contribution in [2.45, 2.75) is 13.0 Å². The molecule has 4 rings (SSSR count). The highest BCUT2D eigenvalue weighted by molar-refractivity contribution is 6.51. The summed E-state index contributed by atoms with van der Waals surface area (Å²) in [6.07, 6.45) is 0. The van der Waals surface area contributed by atoms with Crippen LogP contribution >= 0.6 is 0 Å². The number of halogens is 2. The zero-order chi connectivity index (χ0) is 25.3. The Kier molecular flexibility index (Phi) is 6.28. The van der Waals surface area contributed by atoms with Gasteiger partial charge in [-0.15, -0.1) is 0 Å². The highest BCUT2D eigenvalue weighted by Gasteiger charge is 2.47. The number of hydrogen-bond donors (Lipinski definition) is 1. The molecule has 1 atom stereocenters. The van der Waals surface area contributed by atoms with Crippen LogP contribution in [-0.4, -0.2) is 28.3 Å². The quantitative estimate of drug-likeness (QED) is 0.177. The van der Waals surface area contributed by atoms with Gasteiger partial charge in [0.05, 0.1) is 23.1 Å². The minimum atomic E-state index is -1.25. The zero-order valence-electron chi connectivity index (χ0n) is 18.3. The Balaban J connectivity index is 1.96. The second-order valence-corrected chi connectivity index (χ2v) is 7.58. The van der Waals surface area contributed by atoms with Crippen LogP contribution in [0.4, 0.5) is 20.2 Å². The molecule has 1 N–H and O–H groups in total. The number of aliphatic hydroxyl groups excluding tert-OH is 1. The number of anilines is 1. The summed E-state index contributed by atoms with van der Waals surface area (Å²) >= 11 is 0. The summed E-state index contributed by atoms with van der Waals surface area (Å²) in [7, 11) is 0. The second kappa shape index (κ2) is 9.34. The lowest BCUT2D eigenvalue weighted by Gasteiger charge is -2.26. The number of hydrogen-bond acceptors (Lipinski definition) is 6. The van der Waals surface area contributed by atoms with E-state index in [0.29, 0.717) is 17.9 Å². The highest BCUT2D eigenvalue weighted by Crippen LogP contribution is 2.43. The van der Waals surface area contributed by atoms with Crippen LogP contribution in [0.1, 0.15) is 24.1 Å². The molecule has 0 aliphatic carbocycles. The predicted molar refractivity (Wildman–Crippen MR) is 122 cm³/mol. The molecule has 3 aromatic rings. The van der Waals surface area contributed by atoms with Gasteiger partial charge in [-0.1, -0.05) is 24.3 Å². The van der Waals surface area contributed by atoms with Crippen LogP contribution in [0.15, 0.2) is 72.3 Å². The van der Waals surface area contributed by atoms with Gasteiger partial charge in [0.15, 0.2) is 11.6 Å². The van der Waals surface area contributed by atoms with Gasteiger partial charge in [-0.05, 0) is 36.8 Å². The molecule has 35 heavy (non-hydrogen) atoms. The highest BCUT2D eigenvalue weighted by atomic mass is 19.2. The summed E-state index contributed by atoms with van der Waals surface area (Å²) in [6, 6.07) is 12.8. The third-order valence-electron chi connectivity index (χ3n) is 5.44. The molecule has 0 saturated carbocycles. The Morgan fingerprint density at radius 2 is 1.80 bits per heavy atom. The minimum Gasteiger partial charge on any atom is -0.507 e. The van der Waals surface area contributed by atoms with Crippen molar-refractivity contribution in [2.24, 2.45) is 0 Å². The van der Waals surface area contributed by atoms with Gasteiger partial charge in [-0.3, -0.25) is 24.6 Å². The van der Waals surface area contributed by atoms with Crippen molar-refractivity contribution in [3.05, 3.63) is 105 Å². The van der Waals surface area contributed by atoms with E-state index in [1.807, 2.05) is 0 Å². The number of rotatable bonds is 6. The molecule has 178 valence electrons. The second-order valence-electron chi connectivity index (χ2n) is 7.58. The number of amides is 1. The standard InChI is InChI=1S/C25H18F2N2O6/c1-2-35-18-8-4-5-14(12-18)22-21(23(30)15-6-3-7-17(11-15)29(33)34)24(31)25(32)28(22)16-9-10-19(26)20(27)13-16/h3-13,22,30H,2H2,1H3/b23-21+. The van der Waals surface area contributed by atoms with Gasteiger partial charge in [0.1, 0.15) is 11.5 Å². The number of carbonyl (C=O) groups excluding carboxylic acids is 2. The fourth-order valence-corrected chi connectivity index (χ4v) is 3.91. The Hall–Kier alpha value is -4.60. The molecular weight excluding hydrogens is 462 g/mol. The first-order valence-electron chi connectivity index (χ1n) is 10.5. The van der Waals surface area contributed by atoms with E-state index in [1.54, 1.807) is 31.2 Å². The molecule has 1 heterocycles. The largest absolute Gasteiger partial charge is 0.507 e. The predicted octanol–water partition coefficient (Wildman–Crippen LogP) is 4.90. The Labute approximate surface area is 197 Å². The number of aliphatic hydroxyl groups is 1. The van der Waals surface area contributed by atoms with Crippen molar-refractivity contribution in [1.29, 1.82) is 0 Å². The molecule has 8 nitrogen and oxygen atoms in total. The van der Waals surface area contributed by atoms with E-state index in [2.05, 4.69) is 0 Å². The number of non-ortho nitro benzene ring substituents is 1. The van der Waals surface area contributed by atoms with Crippen LogP contribution < -0.4 is 9.64 Å². The first kappa shape index (κ1) is 23.6. The van der Waals surface area contributed by atoms with Gasteiger partial charge >= 0.3 is 0 Å². The number of ketones is 1. The van der Waals surface area contributed by atoms with E-state index < -0.39 is 40.0 Å². The molecule has 0 radical (unpaired) electrons. The van der Waals surface area contributed by atoms with Crippen LogP contribution in [0, 0.1) is 21.7 Å². The molecule has 0 spiro atoms. The molecule has 1 aliphatic heterocycles.